The zero-order valence-electron chi connectivity index (χ0n) is 6.89. The molecule has 0 amide bonds. The normalized spacial score (nSPS) is 13.2. The fraction of sp³-hybridized carbons (Fsp3) is 0.571. The van der Waals surface area contributed by atoms with Gasteiger partial charge in [0.15, 0.2) is 0 Å². The van der Waals surface area contributed by atoms with Gasteiger partial charge in [0.05, 0.1) is 5.69 Å². The van der Waals surface area contributed by atoms with E-state index in [0.717, 1.165) is 0 Å². The molecule has 12 heavy (non-hydrogen) atoms. The predicted octanol–water partition coefficient (Wildman–Crippen LogP) is 1.36. The average molecular weight is 186 g/mol. The van der Waals surface area contributed by atoms with Crippen LogP contribution in [0.5, 0.6) is 0 Å². The van der Waals surface area contributed by atoms with Crippen LogP contribution >= 0.6 is 11.5 Å². The molecule has 0 bridgehead atoms. The van der Waals surface area contributed by atoms with Crippen molar-refractivity contribution < 1.29 is 9.90 Å². The lowest BCUT2D eigenvalue weighted by Gasteiger charge is -2.11. The fourth-order valence-electron chi connectivity index (χ4n) is 1.06. The van der Waals surface area contributed by atoms with Crippen molar-refractivity contribution in [2.24, 2.45) is 5.92 Å². The third-order valence-electron chi connectivity index (χ3n) is 1.63. The number of carboxylic acid groups (broad SMARTS) is 1. The van der Waals surface area contributed by atoms with Gasteiger partial charge in [0, 0.05) is 5.38 Å². The van der Waals surface area contributed by atoms with Crippen LogP contribution in [0.4, 0.5) is 0 Å². The van der Waals surface area contributed by atoms with Gasteiger partial charge < -0.3 is 5.11 Å². The number of carboxylic acids is 1. The van der Waals surface area contributed by atoms with Crippen molar-refractivity contribution in [1.82, 2.24) is 9.59 Å². The predicted molar refractivity (Wildman–Crippen MR) is 45.1 cm³/mol. The first-order valence-electron chi connectivity index (χ1n) is 3.62. The highest BCUT2D eigenvalue weighted by Gasteiger charge is 2.25. The molecule has 0 aliphatic carbocycles. The van der Waals surface area contributed by atoms with E-state index in [1.54, 1.807) is 5.38 Å². The quantitative estimate of drug-likeness (QED) is 0.774. The van der Waals surface area contributed by atoms with Crippen molar-refractivity contribution in [3.8, 4) is 0 Å². The number of rotatable bonds is 3. The monoisotopic (exact) mass is 186 g/mol. The lowest BCUT2D eigenvalue weighted by Crippen LogP contribution is -2.17. The summed E-state index contributed by atoms with van der Waals surface area (Å²) in [6.07, 6.45) is 0. The lowest BCUT2D eigenvalue weighted by atomic mass is 9.94. The SMILES string of the molecule is CC(C)C(C(=O)O)c1csnn1. The molecule has 1 N–H and O–H groups in total. The molecule has 0 saturated carbocycles. The molecule has 0 aliphatic heterocycles. The molecule has 1 aromatic rings. The van der Waals surface area contributed by atoms with E-state index >= 15 is 0 Å². The molecule has 0 saturated heterocycles. The number of aliphatic carboxylic acids is 1. The van der Waals surface area contributed by atoms with Gasteiger partial charge in [0.1, 0.15) is 5.92 Å². The summed E-state index contributed by atoms with van der Waals surface area (Å²) in [7, 11) is 0. The van der Waals surface area contributed by atoms with Crippen LogP contribution in [0.15, 0.2) is 5.38 Å². The second-order valence-corrected chi connectivity index (χ2v) is 3.50. The average Bonchev–Trinajstić information content (AvgIpc) is 2.37. The molecular formula is C7H10N2O2S. The maximum atomic E-state index is 10.8. The topological polar surface area (TPSA) is 63.1 Å². The van der Waals surface area contributed by atoms with E-state index in [1.165, 1.54) is 11.5 Å². The minimum absolute atomic E-state index is 0.0476. The van der Waals surface area contributed by atoms with Gasteiger partial charge in [-0.25, -0.2) is 0 Å². The van der Waals surface area contributed by atoms with E-state index in [-0.39, 0.29) is 5.92 Å². The molecule has 0 radical (unpaired) electrons. The highest BCUT2D eigenvalue weighted by atomic mass is 32.1. The molecule has 1 heterocycles. The first-order chi connectivity index (χ1) is 5.63. The Hall–Kier alpha value is -0.970. The first-order valence-corrected chi connectivity index (χ1v) is 4.46. The second kappa shape index (κ2) is 3.62. The number of aromatic nitrogens is 2. The van der Waals surface area contributed by atoms with E-state index in [2.05, 4.69) is 9.59 Å². The molecule has 0 aliphatic rings. The van der Waals surface area contributed by atoms with Gasteiger partial charge in [-0.1, -0.05) is 18.3 Å². The molecule has 5 heteroatoms. The largest absolute Gasteiger partial charge is 0.481 e. The van der Waals surface area contributed by atoms with E-state index in [9.17, 15) is 4.79 Å². The van der Waals surface area contributed by atoms with Crippen molar-refractivity contribution >= 4 is 17.5 Å². The lowest BCUT2D eigenvalue weighted by molar-refractivity contribution is -0.140. The van der Waals surface area contributed by atoms with Gasteiger partial charge in [0.2, 0.25) is 0 Å². The third kappa shape index (κ3) is 1.79. The van der Waals surface area contributed by atoms with Gasteiger partial charge >= 0.3 is 5.97 Å². The molecule has 1 rings (SSSR count). The highest BCUT2D eigenvalue weighted by Crippen LogP contribution is 2.23. The molecule has 66 valence electrons. The van der Waals surface area contributed by atoms with Crippen molar-refractivity contribution in [3.05, 3.63) is 11.1 Å². The maximum Gasteiger partial charge on any atom is 0.312 e. The summed E-state index contributed by atoms with van der Waals surface area (Å²) in [4.78, 5) is 10.8. The second-order valence-electron chi connectivity index (χ2n) is 2.89. The number of hydrogen-bond donors (Lipinski definition) is 1. The third-order valence-corrected chi connectivity index (χ3v) is 2.15. The fourth-order valence-corrected chi connectivity index (χ4v) is 1.55. The molecule has 0 fully saturated rings. The van der Waals surface area contributed by atoms with Crippen LogP contribution in [-0.4, -0.2) is 20.7 Å². The van der Waals surface area contributed by atoms with Crippen LogP contribution in [-0.2, 0) is 4.79 Å². The minimum Gasteiger partial charge on any atom is -0.481 e. The Kier molecular flexibility index (Phi) is 2.75. The molecular weight excluding hydrogens is 176 g/mol. The zero-order chi connectivity index (χ0) is 9.14. The van der Waals surface area contributed by atoms with E-state index in [4.69, 9.17) is 5.11 Å². The van der Waals surface area contributed by atoms with Crippen molar-refractivity contribution in [1.29, 1.82) is 0 Å². The summed E-state index contributed by atoms with van der Waals surface area (Å²) < 4.78 is 3.64. The molecule has 0 spiro atoms. The van der Waals surface area contributed by atoms with Gasteiger partial charge in [-0.15, -0.1) is 5.10 Å². The summed E-state index contributed by atoms with van der Waals surface area (Å²) in [6.45, 7) is 3.72. The Morgan fingerprint density at radius 1 is 1.67 bits per heavy atom. The Balaban J connectivity index is 2.88. The van der Waals surface area contributed by atoms with E-state index in [1.807, 2.05) is 13.8 Å². The Morgan fingerprint density at radius 2 is 2.33 bits per heavy atom. The highest BCUT2D eigenvalue weighted by molar-refractivity contribution is 7.03. The molecule has 1 aromatic heterocycles. The number of carbonyl (C=O) groups is 1. The number of nitrogens with zero attached hydrogens (tertiary/aromatic N) is 2. The smallest absolute Gasteiger partial charge is 0.312 e. The molecule has 1 atom stereocenters. The zero-order valence-corrected chi connectivity index (χ0v) is 7.71. The van der Waals surface area contributed by atoms with Gasteiger partial charge in [-0.3, -0.25) is 4.79 Å². The Morgan fingerprint density at radius 3 is 2.67 bits per heavy atom. The van der Waals surface area contributed by atoms with E-state index in [0.29, 0.717) is 5.69 Å². The van der Waals surface area contributed by atoms with Crippen molar-refractivity contribution in [2.75, 3.05) is 0 Å². The van der Waals surface area contributed by atoms with Crippen LogP contribution in [0, 0.1) is 5.92 Å². The summed E-state index contributed by atoms with van der Waals surface area (Å²) in [5.74, 6) is -1.31. The van der Waals surface area contributed by atoms with E-state index < -0.39 is 11.9 Å². The summed E-state index contributed by atoms with van der Waals surface area (Å²) in [5.41, 5.74) is 0.558. The molecule has 1 unspecified atom stereocenters. The first kappa shape index (κ1) is 9.12. The van der Waals surface area contributed by atoms with Gasteiger partial charge in [-0.2, -0.15) is 0 Å². The Labute approximate surface area is 74.4 Å². The molecule has 0 aromatic carbocycles. The summed E-state index contributed by atoms with van der Waals surface area (Å²) in [5, 5.41) is 14.3. The van der Waals surface area contributed by atoms with Crippen molar-refractivity contribution in [2.45, 2.75) is 19.8 Å². The summed E-state index contributed by atoms with van der Waals surface area (Å²) >= 11 is 1.18. The maximum absolute atomic E-state index is 10.8. The number of hydrogen-bond acceptors (Lipinski definition) is 4. The standard InChI is InChI=1S/C7H10N2O2S/c1-4(2)6(7(10)11)5-3-12-9-8-5/h3-4,6H,1-2H3,(H,10,11). The van der Waals surface area contributed by atoms with Crippen LogP contribution in [0.3, 0.4) is 0 Å². The van der Waals surface area contributed by atoms with Crippen molar-refractivity contribution in [3.63, 3.8) is 0 Å². The van der Waals surface area contributed by atoms with Gasteiger partial charge in [-0.05, 0) is 17.5 Å². The Bertz CT molecular complexity index is 258. The van der Waals surface area contributed by atoms with Gasteiger partial charge in [0.25, 0.3) is 0 Å². The van der Waals surface area contributed by atoms with Crippen LogP contribution in [0.1, 0.15) is 25.5 Å². The van der Waals surface area contributed by atoms with Crippen LogP contribution in [0.25, 0.3) is 0 Å². The van der Waals surface area contributed by atoms with Crippen LogP contribution in [0.2, 0.25) is 0 Å². The van der Waals surface area contributed by atoms with Crippen LogP contribution < -0.4 is 0 Å². The summed E-state index contributed by atoms with van der Waals surface area (Å²) in [6, 6.07) is 0. The minimum atomic E-state index is -0.835. The molecule has 4 nitrogen and oxygen atoms in total.